The highest BCUT2D eigenvalue weighted by molar-refractivity contribution is 9.10. The van der Waals surface area contributed by atoms with Gasteiger partial charge in [-0.1, -0.05) is 69.6 Å². The molecule has 1 aliphatic carbocycles. The lowest BCUT2D eigenvalue weighted by atomic mass is 9.68. The maximum absolute atomic E-state index is 13.9. The van der Waals surface area contributed by atoms with Crippen molar-refractivity contribution in [3.05, 3.63) is 63.0 Å². The third kappa shape index (κ3) is 4.17. The van der Waals surface area contributed by atoms with E-state index in [1.807, 2.05) is 0 Å². The second kappa shape index (κ2) is 8.93. The van der Waals surface area contributed by atoms with Crippen LogP contribution in [0.3, 0.4) is 0 Å². The van der Waals surface area contributed by atoms with Gasteiger partial charge in [-0.15, -0.1) is 10.2 Å². The second-order valence-corrected chi connectivity index (χ2v) is 12.8. The van der Waals surface area contributed by atoms with E-state index in [9.17, 15) is 21.6 Å². The summed E-state index contributed by atoms with van der Waals surface area (Å²) in [6, 6.07) is 13.7. The molecule has 5 rings (SSSR count). The van der Waals surface area contributed by atoms with E-state index in [1.165, 1.54) is 4.68 Å². The average molecular weight is 618 g/mol. The number of sulfone groups is 1. The number of nitrogens with zero attached hydrogens (tertiary/aromatic N) is 4. The fourth-order valence-electron chi connectivity index (χ4n) is 4.22. The predicted octanol–water partition coefficient (Wildman–Crippen LogP) is 6.86. The number of aromatic nitrogens is 4. The van der Waals surface area contributed by atoms with Crippen LogP contribution < -0.4 is 0 Å². The summed E-state index contributed by atoms with van der Waals surface area (Å²) in [5, 5.41) is 12.5. The number of para-hydroxylation sites is 1. The van der Waals surface area contributed by atoms with E-state index in [0.29, 0.717) is 22.7 Å². The third-order valence-electron chi connectivity index (χ3n) is 6.20. The van der Waals surface area contributed by atoms with Gasteiger partial charge >= 0.3 is 6.18 Å². The number of hydrogen-bond donors (Lipinski definition) is 0. The molecule has 36 heavy (non-hydrogen) atoms. The molecule has 1 fully saturated rings. The molecule has 6 nitrogen and oxygen atoms in total. The fourth-order valence-corrected chi connectivity index (χ4v) is 6.91. The normalized spacial score (nSPS) is 15.6. The summed E-state index contributed by atoms with van der Waals surface area (Å²) in [7, 11) is -3.94. The summed E-state index contributed by atoms with van der Waals surface area (Å²) in [6.45, 7) is 0. The Hall–Kier alpha value is -2.28. The molecule has 0 N–H and O–H groups in total. The molecule has 0 amide bonds. The third-order valence-corrected chi connectivity index (χ3v) is 9.31. The van der Waals surface area contributed by atoms with E-state index in [0.717, 1.165) is 22.1 Å². The van der Waals surface area contributed by atoms with Crippen LogP contribution in [0.2, 0.25) is 5.02 Å². The van der Waals surface area contributed by atoms with Gasteiger partial charge < -0.3 is 0 Å². The minimum absolute atomic E-state index is 0.00915. The number of hydrogen-bond acceptors (Lipinski definition) is 6. The Morgan fingerprint density at radius 2 is 1.75 bits per heavy atom. The van der Waals surface area contributed by atoms with Gasteiger partial charge in [0.15, 0.2) is 14.8 Å². The number of benzene rings is 2. The zero-order valence-corrected chi connectivity index (χ0v) is 22.5. The summed E-state index contributed by atoms with van der Waals surface area (Å²) < 4.78 is 70.2. The van der Waals surface area contributed by atoms with Crippen molar-refractivity contribution in [1.29, 1.82) is 0 Å². The summed E-state index contributed by atoms with van der Waals surface area (Å²) in [6.07, 6.45) is -3.19. The van der Waals surface area contributed by atoms with E-state index < -0.39 is 21.4 Å². The van der Waals surface area contributed by atoms with Crippen LogP contribution in [0.1, 0.15) is 24.3 Å². The first-order valence-electron chi connectivity index (χ1n) is 10.7. The topological polar surface area (TPSA) is 77.7 Å². The first-order valence-corrected chi connectivity index (χ1v) is 14.6. The lowest BCUT2D eigenvalue weighted by molar-refractivity contribution is -0.212. The molecule has 188 valence electrons. The van der Waals surface area contributed by atoms with Gasteiger partial charge in [-0.2, -0.15) is 18.3 Å². The predicted molar refractivity (Wildman–Crippen MR) is 135 cm³/mol. The molecule has 0 radical (unpaired) electrons. The Morgan fingerprint density at radius 1 is 1.08 bits per heavy atom. The summed E-state index contributed by atoms with van der Waals surface area (Å²) in [4.78, 5) is -0.165. The Morgan fingerprint density at radius 3 is 2.31 bits per heavy atom. The number of alkyl halides is 3. The van der Waals surface area contributed by atoms with Crippen molar-refractivity contribution < 1.29 is 21.6 Å². The number of rotatable bonds is 5. The SMILES string of the molecule is CS(=O)(=O)c1c(-c2nnc(C3(C(F)(F)F)CCC3)s2)nn(-c2ccccc2Cl)c1-c1ccc(Br)cc1. The molecule has 1 saturated carbocycles. The molecule has 13 heteroatoms. The highest BCUT2D eigenvalue weighted by atomic mass is 79.9. The molecule has 1 aliphatic rings. The summed E-state index contributed by atoms with van der Waals surface area (Å²) >= 11 is 10.5. The van der Waals surface area contributed by atoms with Gasteiger partial charge in [-0.05, 0) is 37.1 Å². The molecule has 2 heterocycles. The lowest BCUT2D eigenvalue weighted by Gasteiger charge is -2.40. The molecule has 0 unspecified atom stereocenters. The first kappa shape index (κ1) is 25.4. The maximum Gasteiger partial charge on any atom is 0.400 e. The van der Waals surface area contributed by atoms with Crippen molar-refractivity contribution in [2.45, 2.75) is 35.7 Å². The quantitative estimate of drug-likeness (QED) is 0.245. The van der Waals surface area contributed by atoms with Crippen molar-refractivity contribution in [1.82, 2.24) is 20.0 Å². The Kier molecular flexibility index (Phi) is 6.29. The van der Waals surface area contributed by atoms with E-state index in [4.69, 9.17) is 11.6 Å². The zero-order chi connectivity index (χ0) is 25.9. The van der Waals surface area contributed by atoms with Crippen LogP contribution in [0.25, 0.3) is 27.6 Å². The smallest absolute Gasteiger partial charge is 0.229 e. The Bertz CT molecular complexity index is 1560. The Balaban J connectivity index is 1.79. The molecule has 0 bridgehead atoms. The van der Waals surface area contributed by atoms with Gasteiger partial charge in [0.05, 0.1) is 16.4 Å². The van der Waals surface area contributed by atoms with Crippen LogP contribution in [0.5, 0.6) is 0 Å². The maximum atomic E-state index is 13.9. The van der Waals surface area contributed by atoms with Gasteiger partial charge in [-0.25, -0.2) is 13.1 Å². The van der Waals surface area contributed by atoms with Gasteiger partial charge in [-0.3, -0.25) is 0 Å². The molecule has 2 aromatic heterocycles. The minimum atomic E-state index is -4.48. The number of halogens is 5. The summed E-state index contributed by atoms with van der Waals surface area (Å²) in [5.41, 5.74) is -0.986. The van der Waals surface area contributed by atoms with Crippen molar-refractivity contribution in [3.8, 4) is 27.6 Å². The van der Waals surface area contributed by atoms with E-state index in [2.05, 4.69) is 31.2 Å². The molecule has 0 spiro atoms. The standard InChI is InChI=1S/C23H17BrClF3N4O2S2/c1-36(33,34)19-17(20-29-30-21(35-20)22(11-4-12-22)23(26,27)28)31-32(16-6-3-2-5-15(16)25)18(19)13-7-9-14(24)10-8-13/h2-3,5-10H,4,11-12H2,1H3. The van der Waals surface area contributed by atoms with Gasteiger partial charge in [0.2, 0.25) is 0 Å². The molecular weight excluding hydrogens is 601 g/mol. The minimum Gasteiger partial charge on any atom is -0.229 e. The molecule has 4 aromatic rings. The van der Waals surface area contributed by atoms with Crippen LogP contribution in [0.15, 0.2) is 57.9 Å². The van der Waals surface area contributed by atoms with E-state index in [1.54, 1.807) is 48.5 Å². The van der Waals surface area contributed by atoms with Crippen LogP contribution in [0, 0.1) is 0 Å². The van der Waals surface area contributed by atoms with Gasteiger partial charge in [0, 0.05) is 16.3 Å². The molecule has 0 aliphatic heterocycles. The Labute approximate surface area is 222 Å². The van der Waals surface area contributed by atoms with Crippen molar-refractivity contribution in [2.24, 2.45) is 0 Å². The average Bonchev–Trinajstić information content (AvgIpc) is 3.38. The van der Waals surface area contributed by atoms with Crippen LogP contribution in [-0.2, 0) is 15.3 Å². The van der Waals surface area contributed by atoms with Crippen molar-refractivity contribution in [3.63, 3.8) is 0 Å². The highest BCUT2D eigenvalue weighted by Gasteiger charge is 2.61. The zero-order valence-electron chi connectivity index (χ0n) is 18.6. The van der Waals surface area contributed by atoms with Crippen LogP contribution in [0.4, 0.5) is 13.2 Å². The highest BCUT2D eigenvalue weighted by Crippen LogP contribution is 2.56. The van der Waals surface area contributed by atoms with Gasteiger partial charge in [0.1, 0.15) is 21.0 Å². The lowest BCUT2D eigenvalue weighted by Crippen LogP contribution is -2.47. The van der Waals surface area contributed by atoms with E-state index >= 15 is 0 Å². The van der Waals surface area contributed by atoms with Gasteiger partial charge in [0.25, 0.3) is 0 Å². The van der Waals surface area contributed by atoms with Crippen molar-refractivity contribution >= 4 is 48.7 Å². The first-order chi connectivity index (χ1) is 16.9. The van der Waals surface area contributed by atoms with Crippen LogP contribution in [-0.4, -0.2) is 40.8 Å². The monoisotopic (exact) mass is 616 g/mol. The largest absolute Gasteiger partial charge is 0.400 e. The molecular formula is C23H17BrClF3N4O2S2. The summed E-state index contributed by atoms with van der Waals surface area (Å²) in [5.74, 6) is 0. The second-order valence-electron chi connectivity index (χ2n) is 8.51. The fraction of sp³-hybridized carbons (Fsp3) is 0.261. The van der Waals surface area contributed by atoms with E-state index in [-0.39, 0.29) is 39.1 Å². The van der Waals surface area contributed by atoms with Crippen molar-refractivity contribution in [2.75, 3.05) is 6.26 Å². The molecule has 0 saturated heterocycles. The molecule has 2 aromatic carbocycles. The molecule has 0 atom stereocenters. The van der Waals surface area contributed by atoms with Crippen LogP contribution >= 0.6 is 38.9 Å².